The Kier molecular flexibility index (Phi) is 6.47. The van der Waals surface area contributed by atoms with Crippen LogP contribution in [0.2, 0.25) is 0 Å². The van der Waals surface area contributed by atoms with Gasteiger partial charge in [-0.2, -0.15) is 0 Å². The van der Waals surface area contributed by atoms with Crippen molar-refractivity contribution in [2.75, 3.05) is 19.0 Å². The molecule has 0 saturated carbocycles. The normalized spacial score (nSPS) is 10.3. The van der Waals surface area contributed by atoms with Crippen molar-refractivity contribution in [3.8, 4) is 0 Å². The summed E-state index contributed by atoms with van der Waals surface area (Å²) in [5.74, 6) is -1.71. The first-order valence-corrected chi connectivity index (χ1v) is 9.11. The van der Waals surface area contributed by atoms with Gasteiger partial charge in [0.15, 0.2) is 0 Å². The maximum absolute atomic E-state index is 12.6. The smallest absolute Gasteiger partial charge is 0.341 e. The summed E-state index contributed by atoms with van der Waals surface area (Å²) in [5, 5.41) is 16.3. The Morgan fingerprint density at radius 3 is 2.46 bits per heavy atom. The van der Waals surface area contributed by atoms with Crippen LogP contribution in [0.4, 0.5) is 10.7 Å². The number of benzene rings is 1. The van der Waals surface area contributed by atoms with Gasteiger partial charge in [0.2, 0.25) is 0 Å². The highest BCUT2D eigenvalue weighted by Gasteiger charge is 2.27. The van der Waals surface area contributed by atoms with Crippen LogP contribution < -0.4 is 10.6 Å². The molecule has 0 bridgehead atoms. The average molecular weight is 405 g/mol. The van der Waals surface area contributed by atoms with Gasteiger partial charge in [-0.15, -0.1) is 11.3 Å². The molecule has 0 aliphatic heterocycles. The van der Waals surface area contributed by atoms with E-state index < -0.39 is 22.7 Å². The van der Waals surface area contributed by atoms with Gasteiger partial charge in [0.25, 0.3) is 17.5 Å². The highest BCUT2D eigenvalue weighted by atomic mass is 32.1. The first kappa shape index (κ1) is 21.0. The van der Waals surface area contributed by atoms with Gasteiger partial charge >= 0.3 is 5.97 Å². The van der Waals surface area contributed by atoms with Gasteiger partial charge in [-0.1, -0.05) is 6.07 Å². The van der Waals surface area contributed by atoms with Crippen molar-refractivity contribution in [1.82, 2.24) is 5.32 Å². The minimum atomic E-state index is -0.670. The Bertz CT molecular complexity index is 966. The maximum atomic E-state index is 12.6. The number of thiophene rings is 1. The third kappa shape index (κ3) is 4.17. The van der Waals surface area contributed by atoms with Crippen molar-refractivity contribution in [1.29, 1.82) is 0 Å². The summed E-state index contributed by atoms with van der Waals surface area (Å²) in [7, 11) is 1.45. The molecular weight excluding hydrogens is 386 g/mol. The van der Waals surface area contributed by atoms with E-state index in [0.717, 1.165) is 17.4 Å². The van der Waals surface area contributed by atoms with Crippen LogP contribution in [0.5, 0.6) is 0 Å². The van der Waals surface area contributed by atoms with Crippen LogP contribution in [0.3, 0.4) is 0 Å². The number of carbonyl (C=O) groups excluding carboxylic acids is 3. The quantitative estimate of drug-likeness (QED) is 0.432. The number of amides is 2. The van der Waals surface area contributed by atoms with Crippen LogP contribution in [0.1, 0.15) is 48.4 Å². The molecule has 1 aromatic heterocycles. The van der Waals surface area contributed by atoms with Gasteiger partial charge in [-0.05, 0) is 32.4 Å². The fourth-order valence-corrected chi connectivity index (χ4v) is 3.64. The van der Waals surface area contributed by atoms with E-state index in [1.165, 1.54) is 19.2 Å². The van der Waals surface area contributed by atoms with E-state index in [0.29, 0.717) is 11.1 Å². The van der Waals surface area contributed by atoms with Gasteiger partial charge in [-0.25, -0.2) is 4.79 Å². The molecule has 10 heteroatoms. The molecule has 2 amide bonds. The molecule has 0 spiro atoms. The maximum Gasteiger partial charge on any atom is 0.341 e. The Balaban J connectivity index is 2.46. The third-order valence-corrected chi connectivity index (χ3v) is 5.16. The Morgan fingerprint density at radius 1 is 1.21 bits per heavy atom. The third-order valence-electron chi connectivity index (χ3n) is 3.95. The fourth-order valence-electron chi connectivity index (χ4n) is 2.50. The van der Waals surface area contributed by atoms with Crippen LogP contribution in [-0.4, -0.2) is 36.4 Å². The number of hydrogen-bond acceptors (Lipinski definition) is 7. The SMILES string of the molecule is CCOC(=O)c1c(NC(=O)c2ccc(C)c([N+](=O)[O-])c2)sc(C(=O)NC)c1C. The monoisotopic (exact) mass is 405 g/mol. The number of nitro groups is 1. The van der Waals surface area contributed by atoms with Gasteiger partial charge in [0.1, 0.15) is 5.00 Å². The van der Waals surface area contributed by atoms with Crippen LogP contribution in [0, 0.1) is 24.0 Å². The van der Waals surface area contributed by atoms with E-state index in [9.17, 15) is 24.5 Å². The zero-order valence-electron chi connectivity index (χ0n) is 15.7. The molecule has 9 nitrogen and oxygen atoms in total. The van der Waals surface area contributed by atoms with E-state index in [4.69, 9.17) is 4.74 Å². The Labute approximate surface area is 164 Å². The molecule has 0 fully saturated rings. The molecule has 2 aromatic rings. The number of rotatable bonds is 6. The summed E-state index contributed by atoms with van der Waals surface area (Å²) in [6.07, 6.45) is 0. The number of nitrogens with zero attached hydrogens (tertiary/aromatic N) is 1. The first-order valence-electron chi connectivity index (χ1n) is 8.30. The van der Waals surface area contributed by atoms with Gasteiger partial charge in [0, 0.05) is 24.2 Å². The lowest BCUT2D eigenvalue weighted by molar-refractivity contribution is -0.385. The van der Waals surface area contributed by atoms with Crippen molar-refractivity contribution in [3.63, 3.8) is 0 Å². The summed E-state index contributed by atoms with van der Waals surface area (Å²) >= 11 is 0.931. The minimum absolute atomic E-state index is 0.0552. The van der Waals surface area contributed by atoms with Gasteiger partial charge < -0.3 is 15.4 Å². The number of aryl methyl sites for hydroxylation is 1. The zero-order chi connectivity index (χ0) is 21.0. The molecular formula is C18H19N3O6S. The predicted octanol–water partition coefficient (Wildman–Crippen LogP) is 3.06. The van der Waals surface area contributed by atoms with Crippen LogP contribution in [0.25, 0.3) is 0 Å². The standard InChI is InChI=1S/C18H19N3O6S/c1-5-27-18(24)13-10(3)14(16(23)19-4)28-17(13)20-15(22)11-7-6-9(2)12(8-11)21(25)26/h6-8H,5H2,1-4H3,(H,19,23)(H,20,22). The second kappa shape index (κ2) is 8.61. The number of esters is 1. The molecule has 0 saturated heterocycles. The van der Waals surface area contributed by atoms with Crippen molar-refractivity contribution in [2.24, 2.45) is 0 Å². The number of anilines is 1. The van der Waals surface area contributed by atoms with Crippen molar-refractivity contribution < 1.29 is 24.0 Å². The predicted molar refractivity (Wildman–Crippen MR) is 104 cm³/mol. The van der Waals surface area contributed by atoms with Gasteiger partial charge in [0.05, 0.1) is 22.0 Å². The van der Waals surface area contributed by atoms with Crippen LogP contribution >= 0.6 is 11.3 Å². The molecule has 2 N–H and O–H groups in total. The Hall–Kier alpha value is -3.27. The molecule has 148 valence electrons. The number of hydrogen-bond donors (Lipinski definition) is 2. The van der Waals surface area contributed by atoms with Crippen molar-refractivity contribution in [2.45, 2.75) is 20.8 Å². The molecule has 0 unspecified atom stereocenters. The van der Waals surface area contributed by atoms with Crippen molar-refractivity contribution >= 4 is 39.8 Å². The van der Waals surface area contributed by atoms with E-state index >= 15 is 0 Å². The number of carbonyl (C=O) groups is 3. The second-order valence-corrected chi connectivity index (χ2v) is 6.79. The molecule has 2 rings (SSSR count). The van der Waals surface area contributed by atoms with Crippen LogP contribution in [0.15, 0.2) is 18.2 Å². The Morgan fingerprint density at radius 2 is 1.89 bits per heavy atom. The molecule has 1 aromatic carbocycles. The van der Waals surface area contributed by atoms with Crippen molar-refractivity contribution in [3.05, 3.63) is 55.4 Å². The zero-order valence-corrected chi connectivity index (χ0v) is 16.6. The van der Waals surface area contributed by atoms with E-state index in [1.807, 2.05) is 0 Å². The number of nitrogens with one attached hydrogen (secondary N) is 2. The lowest BCUT2D eigenvalue weighted by atomic mass is 10.1. The van der Waals surface area contributed by atoms with Crippen LogP contribution in [-0.2, 0) is 4.74 Å². The highest BCUT2D eigenvalue weighted by molar-refractivity contribution is 7.18. The molecule has 0 aliphatic carbocycles. The molecule has 0 radical (unpaired) electrons. The first-order chi connectivity index (χ1) is 13.2. The average Bonchev–Trinajstić information content (AvgIpc) is 2.97. The lowest BCUT2D eigenvalue weighted by Gasteiger charge is -2.07. The van der Waals surface area contributed by atoms with Gasteiger partial charge in [-0.3, -0.25) is 19.7 Å². The topological polar surface area (TPSA) is 128 Å². The lowest BCUT2D eigenvalue weighted by Crippen LogP contribution is -2.18. The summed E-state index contributed by atoms with van der Waals surface area (Å²) in [5.41, 5.74) is 0.752. The summed E-state index contributed by atoms with van der Waals surface area (Å²) < 4.78 is 5.03. The number of nitro benzene ring substituents is 1. The van der Waals surface area contributed by atoms with E-state index in [1.54, 1.807) is 20.8 Å². The molecule has 28 heavy (non-hydrogen) atoms. The van der Waals surface area contributed by atoms with E-state index in [-0.39, 0.29) is 33.3 Å². The number of ether oxygens (including phenoxy) is 1. The molecule has 0 atom stereocenters. The summed E-state index contributed by atoms with van der Waals surface area (Å²) in [6, 6.07) is 4.07. The largest absolute Gasteiger partial charge is 0.462 e. The molecule has 0 aliphatic rings. The fraction of sp³-hybridized carbons (Fsp3) is 0.278. The highest BCUT2D eigenvalue weighted by Crippen LogP contribution is 2.34. The van der Waals surface area contributed by atoms with E-state index in [2.05, 4.69) is 10.6 Å². The summed E-state index contributed by atoms with van der Waals surface area (Å²) in [6.45, 7) is 4.92. The minimum Gasteiger partial charge on any atom is -0.462 e. The second-order valence-electron chi connectivity index (χ2n) is 5.77. The summed E-state index contributed by atoms with van der Waals surface area (Å²) in [4.78, 5) is 47.8. The molecule has 1 heterocycles.